The molecule has 0 heterocycles. The van der Waals surface area contributed by atoms with Crippen LogP contribution in [0.15, 0.2) is 30.3 Å². The lowest BCUT2D eigenvalue weighted by atomic mass is 9.98. The Labute approximate surface area is 76.6 Å². The van der Waals surface area contributed by atoms with E-state index in [4.69, 9.17) is 0 Å². The van der Waals surface area contributed by atoms with E-state index in [1.165, 1.54) is 0 Å². The molecule has 70 valence electrons. The third-order valence-corrected chi connectivity index (χ3v) is 2.81. The summed E-state index contributed by atoms with van der Waals surface area (Å²) >= 11 is 0. The van der Waals surface area contributed by atoms with Crippen LogP contribution in [-0.2, 0) is 6.42 Å². The van der Waals surface area contributed by atoms with E-state index in [-0.39, 0.29) is 6.42 Å². The van der Waals surface area contributed by atoms with E-state index in [0.717, 1.165) is 5.56 Å². The van der Waals surface area contributed by atoms with Crippen molar-refractivity contribution in [3.8, 4) is 0 Å². The quantitative estimate of drug-likeness (QED) is 0.658. The van der Waals surface area contributed by atoms with E-state index >= 15 is 0 Å². The molecule has 0 aliphatic heterocycles. The first-order chi connectivity index (χ1) is 6.04. The molecule has 1 saturated carbocycles. The van der Waals surface area contributed by atoms with Gasteiger partial charge in [0.2, 0.25) is 0 Å². The predicted molar refractivity (Wildman–Crippen MR) is 47.8 cm³/mol. The lowest BCUT2D eigenvalue weighted by Crippen LogP contribution is -2.09. The Balaban J connectivity index is 2.09. The third kappa shape index (κ3) is 1.45. The van der Waals surface area contributed by atoms with Gasteiger partial charge in [0.25, 0.3) is 5.92 Å². The molecule has 0 aromatic heterocycles. The Morgan fingerprint density at radius 1 is 1.23 bits per heavy atom. The Morgan fingerprint density at radius 3 is 2.23 bits per heavy atom. The number of rotatable bonds is 2. The highest BCUT2D eigenvalue weighted by atomic mass is 19.3. The minimum absolute atomic E-state index is 0.0366. The van der Waals surface area contributed by atoms with Crippen molar-refractivity contribution in [2.75, 3.05) is 0 Å². The zero-order valence-corrected chi connectivity index (χ0v) is 7.56. The summed E-state index contributed by atoms with van der Waals surface area (Å²) in [5.41, 5.74) is 0.219. The molecule has 1 atom stereocenters. The minimum atomic E-state index is -2.44. The maximum atomic E-state index is 12.9. The van der Waals surface area contributed by atoms with Gasteiger partial charge in [-0.25, -0.2) is 8.78 Å². The molecule has 0 saturated heterocycles. The van der Waals surface area contributed by atoms with E-state index in [1.807, 2.05) is 30.3 Å². The summed E-state index contributed by atoms with van der Waals surface area (Å²) in [6.07, 6.45) is 0.524. The maximum Gasteiger partial charge on any atom is 0.254 e. The third-order valence-electron chi connectivity index (χ3n) is 2.81. The van der Waals surface area contributed by atoms with Gasteiger partial charge in [-0.2, -0.15) is 0 Å². The number of hydrogen-bond acceptors (Lipinski definition) is 0. The normalized spacial score (nSPS) is 30.1. The molecule has 0 N–H and O–H groups in total. The van der Waals surface area contributed by atoms with Gasteiger partial charge in [0, 0.05) is 11.8 Å². The molecule has 2 rings (SSSR count). The highest BCUT2D eigenvalue weighted by molar-refractivity contribution is 5.21. The maximum absolute atomic E-state index is 12.9. The molecular weight excluding hydrogens is 170 g/mol. The Kier molecular flexibility index (Phi) is 1.69. The van der Waals surface area contributed by atoms with Gasteiger partial charge in [-0.15, -0.1) is 0 Å². The standard InChI is InChI=1S/C11H12F2/c1-10(8-11(10,12)13)7-9-5-3-2-4-6-9/h2-6H,7-8H2,1H3. The van der Waals surface area contributed by atoms with Gasteiger partial charge in [-0.1, -0.05) is 37.3 Å². The second-order valence-electron chi connectivity index (χ2n) is 4.10. The van der Waals surface area contributed by atoms with Crippen molar-refractivity contribution in [2.24, 2.45) is 5.41 Å². The van der Waals surface area contributed by atoms with Crippen molar-refractivity contribution in [3.05, 3.63) is 35.9 Å². The van der Waals surface area contributed by atoms with Crippen LogP contribution in [0.5, 0.6) is 0 Å². The van der Waals surface area contributed by atoms with Crippen LogP contribution >= 0.6 is 0 Å². The van der Waals surface area contributed by atoms with Crippen molar-refractivity contribution in [3.63, 3.8) is 0 Å². The highest BCUT2D eigenvalue weighted by Gasteiger charge is 2.67. The average molecular weight is 182 g/mol. The molecule has 1 aliphatic rings. The van der Waals surface area contributed by atoms with Crippen LogP contribution in [0.4, 0.5) is 8.78 Å². The second-order valence-corrected chi connectivity index (χ2v) is 4.10. The average Bonchev–Trinajstić information content (AvgIpc) is 2.51. The molecular formula is C11H12F2. The van der Waals surface area contributed by atoms with Crippen LogP contribution in [-0.4, -0.2) is 5.92 Å². The number of alkyl halides is 2. The van der Waals surface area contributed by atoms with Crippen molar-refractivity contribution in [1.29, 1.82) is 0 Å². The first-order valence-corrected chi connectivity index (χ1v) is 4.45. The number of hydrogen-bond donors (Lipinski definition) is 0. The molecule has 1 aromatic rings. The van der Waals surface area contributed by atoms with Crippen molar-refractivity contribution >= 4 is 0 Å². The summed E-state index contributed by atoms with van der Waals surface area (Å²) in [7, 11) is 0. The van der Waals surface area contributed by atoms with E-state index < -0.39 is 11.3 Å². The molecule has 2 heteroatoms. The van der Waals surface area contributed by atoms with Gasteiger partial charge in [0.1, 0.15) is 0 Å². The topological polar surface area (TPSA) is 0 Å². The van der Waals surface area contributed by atoms with Crippen molar-refractivity contribution in [2.45, 2.75) is 25.7 Å². The summed E-state index contributed by atoms with van der Waals surface area (Å²) in [6, 6.07) is 9.48. The molecule has 0 radical (unpaired) electrons. The zero-order chi connectivity index (χ0) is 9.53. The molecule has 0 amide bonds. The number of halogens is 2. The lowest BCUT2D eigenvalue weighted by Gasteiger charge is -2.09. The van der Waals surface area contributed by atoms with Gasteiger partial charge in [-0.05, 0) is 12.0 Å². The second kappa shape index (κ2) is 2.53. The van der Waals surface area contributed by atoms with Crippen LogP contribution in [0.1, 0.15) is 18.9 Å². The molecule has 1 aliphatic carbocycles. The van der Waals surface area contributed by atoms with Gasteiger partial charge in [0.05, 0.1) is 0 Å². The van der Waals surface area contributed by atoms with E-state index in [2.05, 4.69) is 0 Å². The zero-order valence-electron chi connectivity index (χ0n) is 7.56. The predicted octanol–water partition coefficient (Wildman–Crippen LogP) is 3.27. The van der Waals surface area contributed by atoms with Crippen LogP contribution in [0.2, 0.25) is 0 Å². The Bertz CT molecular complexity index is 305. The minimum Gasteiger partial charge on any atom is -0.206 e. The Morgan fingerprint density at radius 2 is 1.77 bits per heavy atom. The molecule has 0 nitrogen and oxygen atoms in total. The van der Waals surface area contributed by atoms with Gasteiger partial charge in [0.15, 0.2) is 0 Å². The fourth-order valence-electron chi connectivity index (χ4n) is 1.68. The number of benzene rings is 1. The molecule has 1 unspecified atom stereocenters. The molecule has 0 spiro atoms. The smallest absolute Gasteiger partial charge is 0.206 e. The van der Waals surface area contributed by atoms with Crippen molar-refractivity contribution < 1.29 is 8.78 Å². The van der Waals surface area contributed by atoms with Crippen molar-refractivity contribution in [1.82, 2.24) is 0 Å². The highest BCUT2D eigenvalue weighted by Crippen LogP contribution is 2.61. The first-order valence-electron chi connectivity index (χ1n) is 4.45. The summed E-state index contributed by atoms with van der Waals surface area (Å²) in [4.78, 5) is 0. The van der Waals surface area contributed by atoms with Crippen LogP contribution in [0, 0.1) is 5.41 Å². The summed E-state index contributed by atoms with van der Waals surface area (Å²) in [5.74, 6) is -2.44. The molecule has 1 aromatic carbocycles. The Hall–Kier alpha value is -0.920. The molecule has 0 bridgehead atoms. The summed E-state index contributed by atoms with van der Waals surface area (Å²) < 4.78 is 25.7. The molecule has 13 heavy (non-hydrogen) atoms. The molecule has 1 fully saturated rings. The SMILES string of the molecule is CC1(Cc2ccccc2)CC1(F)F. The van der Waals surface area contributed by atoms with Gasteiger partial charge >= 0.3 is 0 Å². The van der Waals surface area contributed by atoms with Crippen LogP contribution in [0.25, 0.3) is 0 Å². The van der Waals surface area contributed by atoms with E-state index in [0.29, 0.717) is 6.42 Å². The van der Waals surface area contributed by atoms with Crippen LogP contribution in [0.3, 0.4) is 0 Å². The van der Waals surface area contributed by atoms with Crippen LogP contribution < -0.4 is 0 Å². The van der Waals surface area contributed by atoms with E-state index in [9.17, 15) is 8.78 Å². The van der Waals surface area contributed by atoms with Gasteiger partial charge in [-0.3, -0.25) is 0 Å². The fourth-order valence-corrected chi connectivity index (χ4v) is 1.68. The summed E-state index contributed by atoms with van der Waals surface area (Å²) in [6.45, 7) is 1.65. The monoisotopic (exact) mass is 182 g/mol. The lowest BCUT2D eigenvalue weighted by molar-refractivity contribution is 0.0701. The van der Waals surface area contributed by atoms with Gasteiger partial charge < -0.3 is 0 Å². The first kappa shape index (κ1) is 8.67. The van der Waals surface area contributed by atoms with E-state index in [1.54, 1.807) is 6.92 Å². The largest absolute Gasteiger partial charge is 0.254 e. The fraction of sp³-hybridized carbons (Fsp3) is 0.455. The summed E-state index contributed by atoms with van der Waals surface area (Å²) in [5, 5.41) is 0.